The van der Waals surface area contributed by atoms with Gasteiger partial charge < -0.3 is 5.32 Å². The van der Waals surface area contributed by atoms with E-state index < -0.39 is 0 Å². The fourth-order valence-electron chi connectivity index (χ4n) is 2.60. The fourth-order valence-corrected chi connectivity index (χ4v) is 2.88. The Balaban J connectivity index is 1.72. The van der Waals surface area contributed by atoms with Crippen LogP contribution in [-0.4, -0.2) is 22.9 Å². The van der Waals surface area contributed by atoms with Crippen molar-refractivity contribution in [1.82, 2.24) is 15.1 Å². The van der Waals surface area contributed by atoms with Gasteiger partial charge in [0.15, 0.2) is 0 Å². The van der Waals surface area contributed by atoms with Gasteiger partial charge in [0.2, 0.25) is 0 Å². The second kappa shape index (κ2) is 6.01. The molecule has 2 rings (SSSR count). The van der Waals surface area contributed by atoms with Gasteiger partial charge in [0.05, 0.1) is 16.7 Å². The molecule has 1 N–H and O–H groups in total. The Morgan fingerprint density at radius 3 is 2.65 bits per heavy atom. The third-order valence-electron chi connectivity index (χ3n) is 3.70. The Labute approximate surface area is 112 Å². The Morgan fingerprint density at radius 1 is 1.35 bits per heavy atom. The summed E-state index contributed by atoms with van der Waals surface area (Å²) in [5, 5.41) is 8.06. The Kier molecular flexibility index (Phi) is 4.62. The van der Waals surface area contributed by atoms with Crippen molar-refractivity contribution < 1.29 is 0 Å². The molecule has 1 aliphatic carbocycles. The number of nitrogens with zero attached hydrogens (tertiary/aromatic N) is 2. The van der Waals surface area contributed by atoms with Crippen LogP contribution in [0.2, 0.25) is 0 Å². The van der Waals surface area contributed by atoms with Gasteiger partial charge in [-0.25, -0.2) is 0 Å². The van der Waals surface area contributed by atoms with Gasteiger partial charge >= 0.3 is 0 Å². The summed E-state index contributed by atoms with van der Waals surface area (Å²) < 4.78 is 3.23. The second-order valence-electron chi connectivity index (χ2n) is 5.06. The van der Waals surface area contributed by atoms with Gasteiger partial charge in [-0.15, -0.1) is 0 Å². The van der Waals surface area contributed by atoms with Crippen LogP contribution >= 0.6 is 15.9 Å². The molecular formula is C13H22BrN3. The van der Waals surface area contributed by atoms with Crippen LogP contribution in [0.5, 0.6) is 0 Å². The first kappa shape index (κ1) is 13.1. The molecule has 0 amide bonds. The van der Waals surface area contributed by atoms with Gasteiger partial charge in [-0.1, -0.05) is 12.8 Å². The smallest absolute Gasteiger partial charge is 0.0738 e. The summed E-state index contributed by atoms with van der Waals surface area (Å²) in [6, 6.07) is 0. The molecule has 1 heterocycles. The Bertz CT molecular complexity index is 367. The molecule has 0 radical (unpaired) electrons. The summed E-state index contributed by atoms with van der Waals surface area (Å²) in [6.45, 7) is 7.32. The van der Waals surface area contributed by atoms with Gasteiger partial charge in [0.1, 0.15) is 0 Å². The van der Waals surface area contributed by atoms with E-state index in [2.05, 4.69) is 38.0 Å². The highest BCUT2D eigenvalue weighted by atomic mass is 79.9. The van der Waals surface area contributed by atoms with E-state index in [4.69, 9.17) is 0 Å². The molecule has 0 bridgehead atoms. The van der Waals surface area contributed by atoms with Gasteiger partial charge in [0.25, 0.3) is 0 Å². The highest BCUT2D eigenvalue weighted by molar-refractivity contribution is 9.10. The van der Waals surface area contributed by atoms with E-state index in [1.807, 2.05) is 6.92 Å². The molecule has 1 aromatic rings. The molecule has 0 saturated heterocycles. The van der Waals surface area contributed by atoms with E-state index in [0.717, 1.165) is 29.2 Å². The lowest BCUT2D eigenvalue weighted by Crippen LogP contribution is -2.25. The number of hydrogen-bond acceptors (Lipinski definition) is 2. The van der Waals surface area contributed by atoms with Gasteiger partial charge in [-0.2, -0.15) is 5.10 Å². The molecule has 0 atom stereocenters. The van der Waals surface area contributed by atoms with Crippen LogP contribution in [0.4, 0.5) is 0 Å². The third kappa shape index (κ3) is 3.32. The number of aryl methyl sites for hydroxylation is 1. The molecule has 0 aliphatic heterocycles. The van der Waals surface area contributed by atoms with Gasteiger partial charge in [0, 0.05) is 12.2 Å². The first-order chi connectivity index (χ1) is 8.18. The first-order valence-corrected chi connectivity index (χ1v) is 7.38. The molecule has 1 aliphatic rings. The highest BCUT2D eigenvalue weighted by Gasteiger charge is 2.14. The lowest BCUT2D eigenvalue weighted by atomic mass is 10.1. The van der Waals surface area contributed by atoms with Crippen molar-refractivity contribution in [3.63, 3.8) is 0 Å². The zero-order valence-electron chi connectivity index (χ0n) is 10.8. The average molecular weight is 300 g/mol. The minimum Gasteiger partial charge on any atom is -0.315 e. The minimum absolute atomic E-state index is 0.919. The number of hydrogen-bond donors (Lipinski definition) is 1. The van der Waals surface area contributed by atoms with Crippen LogP contribution in [-0.2, 0) is 6.54 Å². The predicted octanol–water partition coefficient (Wildman–Crippen LogP) is 3.04. The monoisotopic (exact) mass is 299 g/mol. The molecule has 3 nitrogen and oxygen atoms in total. The molecular weight excluding hydrogens is 278 g/mol. The standard InChI is InChI=1S/C13H22BrN3/c1-10-13(14)11(2)17(16-10)8-7-15-9-12-5-3-4-6-12/h12,15H,3-9H2,1-2H3. The van der Waals surface area contributed by atoms with E-state index in [1.165, 1.54) is 37.9 Å². The Hall–Kier alpha value is -0.350. The molecule has 1 saturated carbocycles. The molecule has 0 aromatic carbocycles. The SMILES string of the molecule is Cc1nn(CCNCC2CCCC2)c(C)c1Br. The van der Waals surface area contributed by atoms with Crippen molar-refractivity contribution in [1.29, 1.82) is 0 Å². The van der Waals surface area contributed by atoms with Crippen molar-refractivity contribution in [2.24, 2.45) is 5.92 Å². The lowest BCUT2D eigenvalue weighted by molar-refractivity contribution is 0.464. The second-order valence-corrected chi connectivity index (χ2v) is 5.86. The zero-order chi connectivity index (χ0) is 12.3. The van der Waals surface area contributed by atoms with Gasteiger partial charge in [-0.05, 0) is 55.1 Å². The van der Waals surface area contributed by atoms with Crippen LogP contribution in [0.3, 0.4) is 0 Å². The molecule has 1 fully saturated rings. The van der Waals surface area contributed by atoms with Crippen molar-refractivity contribution in [2.75, 3.05) is 13.1 Å². The molecule has 1 aromatic heterocycles. The molecule has 0 spiro atoms. The quantitative estimate of drug-likeness (QED) is 0.847. The van der Waals surface area contributed by atoms with Crippen LogP contribution in [0.15, 0.2) is 4.47 Å². The topological polar surface area (TPSA) is 29.9 Å². The fraction of sp³-hybridized carbons (Fsp3) is 0.769. The summed E-state index contributed by atoms with van der Waals surface area (Å²) >= 11 is 3.56. The normalized spacial score (nSPS) is 16.9. The maximum absolute atomic E-state index is 4.51. The summed E-state index contributed by atoms with van der Waals surface area (Å²) in [7, 11) is 0. The van der Waals surface area contributed by atoms with E-state index >= 15 is 0 Å². The van der Waals surface area contributed by atoms with E-state index in [-0.39, 0.29) is 0 Å². The molecule has 96 valence electrons. The van der Waals surface area contributed by atoms with Crippen molar-refractivity contribution in [3.8, 4) is 0 Å². The van der Waals surface area contributed by atoms with E-state index in [1.54, 1.807) is 0 Å². The summed E-state index contributed by atoms with van der Waals surface area (Å²) in [6.07, 6.45) is 5.68. The maximum atomic E-state index is 4.51. The molecule has 0 unspecified atom stereocenters. The predicted molar refractivity (Wildman–Crippen MR) is 74.2 cm³/mol. The number of halogens is 1. The van der Waals surface area contributed by atoms with Crippen molar-refractivity contribution in [2.45, 2.75) is 46.1 Å². The summed E-state index contributed by atoms with van der Waals surface area (Å²) in [5.74, 6) is 0.919. The Morgan fingerprint density at radius 2 is 2.06 bits per heavy atom. The van der Waals surface area contributed by atoms with Crippen LogP contribution in [0, 0.1) is 19.8 Å². The largest absolute Gasteiger partial charge is 0.315 e. The highest BCUT2D eigenvalue weighted by Crippen LogP contribution is 2.23. The summed E-state index contributed by atoms with van der Waals surface area (Å²) in [5.41, 5.74) is 2.31. The van der Waals surface area contributed by atoms with Crippen molar-refractivity contribution >= 4 is 15.9 Å². The first-order valence-electron chi connectivity index (χ1n) is 6.58. The van der Waals surface area contributed by atoms with E-state index in [9.17, 15) is 0 Å². The summed E-state index contributed by atoms with van der Waals surface area (Å²) in [4.78, 5) is 0. The molecule has 17 heavy (non-hydrogen) atoms. The van der Waals surface area contributed by atoms with Crippen molar-refractivity contribution in [3.05, 3.63) is 15.9 Å². The average Bonchev–Trinajstić information content (AvgIpc) is 2.90. The van der Waals surface area contributed by atoms with Crippen LogP contribution in [0.1, 0.15) is 37.1 Å². The maximum Gasteiger partial charge on any atom is 0.0738 e. The minimum atomic E-state index is 0.919. The van der Waals surface area contributed by atoms with Crippen LogP contribution < -0.4 is 5.32 Å². The number of nitrogens with one attached hydrogen (secondary N) is 1. The molecule has 4 heteroatoms. The zero-order valence-corrected chi connectivity index (χ0v) is 12.4. The number of aromatic nitrogens is 2. The lowest BCUT2D eigenvalue weighted by Gasteiger charge is -2.11. The van der Waals surface area contributed by atoms with Crippen LogP contribution in [0.25, 0.3) is 0 Å². The van der Waals surface area contributed by atoms with E-state index in [0.29, 0.717) is 0 Å². The number of rotatable bonds is 5. The third-order valence-corrected chi connectivity index (χ3v) is 4.85. The van der Waals surface area contributed by atoms with Gasteiger partial charge in [-0.3, -0.25) is 4.68 Å².